The third-order valence-electron chi connectivity index (χ3n) is 3.39. The zero-order valence-electron chi connectivity index (χ0n) is 13.0. The number of aryl methyl sites for hydroxylation is 4. The van der Waals surface area contributed by atoms with Gasteiger partial charge < -0.3 is 4.74 Å². The van der Waals surface area contributed by atoms with Crippen LogP contribution in [0.4, 0.5) is 0 Å². The molecule has 0 aliphatic rings. The fourth-order valence-electron chi connectivity index (χ4n) is 2.43. The highest BCUT2D eigenvalue weighted by molar-refractivity contribution is 6.31. The Labute approximate surface area is 129 Å². The Balaban J connectivity index is 2.17. The van der Waals surface area contributed by atoms with E-state index in [9.17, 15) is 4.79 Å². The van der Waals surface area contributed by atoms with Crippen LogP contribution < -0.4 is 4.74 Å². The van der Waals surface area contributed by atoms with Crippen LogP contribution in [-0.4, -0.2) is 15.7 Å². The average molecular weight is 307 g/mol. The minimum atomic E-state index is -0.354. The lowest BCUT2D eigenvalue weighted by atomic mass is 10.1. The summed E-state index contributed by atoms with van der Waals surface area (Å²) in [4.78, 5) is 12.1. The molecule has 5 heteroatoms. The van der Waals surface area contributed by atoms with Crippen LogP contribution in [0.25, 0.3) is 0 Å². The Kier molecular flexibility index (Phi) is 4.37. The molecule has 0 atom stereocenters. The molecule has 0 spiro atoms. The van der Waals surface area contributed by atoms with Gasteiger partial charge in [0, 0.05) is 0 Å². The first-order valence-corrected chi connectivity index (χ1v) is 7.15. The monoisotopic (exact) mass is 306 g/mol. The molecule has 2 aromatic rings. The second-order valence-electron chi connectivity index (χ2n) is 5.34. The van der Waals surface area contributed by atoms with Gasteiger partial charge in [-0.1, -0.05) is 29.3 Å². The molecule has 0 saturated carbocycles. The largest absolute Gasteiger partial charge is 0.425 e. The molecule has 4 nitrogen and oxygen atoms in total. The molecule has 0 unspecified atom stereocenters. The van der Waals surface area contributed by atoms with Crippen LogP contribution >= 0.6 is 11.6 Å². The van der Waals surface area contributed by atoms with Gasteiger partial charge in [-0.25, -0.2) is 4.79 Å². The predicted octanol–water partition coefficient (Wildman–Crippen LogP) is 3.68. The first kappa shape index (κ1) is 15.6. The molecule has 1 aromatic carbocycles. The lowest BCUT2D eigenvalue weighted by molar-refractivity contribution is -0.135. The van der Waals surface area contributed by atoms with Crippen LogP contribution in [0.5, 0.6) is 5.75 Å². The van der Waals surface area contributed by atoms with Crippen molar-refractivity contribution in [3.8, 4) is 5.75 Å². The van der Waals surface area contributed by atoms with Crippen LogP contribution in [0.1, 0.15) is 28.1 Å². The third-order valence-corrected chi connectivity index (χ3v) is 3.94. The number of rotatable bonds is 3. The second-order valence-corrected chi connectivity index (χ2v) is 5.72. The summed E-state index contributed by atoms with van der Waals surface area (Å²) in [6.45, 7) is 9.57. The standard InChI is InChI=1S/C16H19ClN2O2/c1-9-6-10(2)16(11(3)7-9)21-14(20)8-19-13(5)15(17)12(4)18-19/h6-7H,8H2,1-5H3. The van der Waals surface area contributed by atoms with E-state index in [-0.39, 0.29) is 12.5 Å². The number of hydrogen-bond donors (Lipinski definition) is 0. The van der Waals surface area contributed by atoms with Crippen LogP contribution in [0.15, 0.2) is 12.1 Å². The lowest BCUT2D eigenvalue weighted by Crippen LogP contribution is -2.19. The van der Waals surface area contributed by atoms with Crippen LogP contribution in [0.3, 0.4) is 0 Å². The summed E-state index contributed by atoms with van der Waals surface area (Å²) in [5.41, 5.74) is 4.53. The van der Waals surface area contributed by atoms with Gasteiger partial charge in [-0.15, -0.1) is 0 Å². The minimum Gasteiger partial charge on any atom is -0.425 e. The Morgan fingerprint density at radius 2 is 1.76 bits per heavy atom. The van der Waals surface area contributed by atoms with Gasteiger partial charge in [0.2, 0.25) is 0 Å². The molecular weight excluding hydrogens is 288 g/mol. The van der Waals surface area contributed by atoms with Crippen molar-refractivity contribution in [2.24, 2.45) is 0 Å². The van der Waals surface area contributed by atoms with Crippen LogP contribution in [-0.2, 0) is 11.3 Å². The van der Waals surface area contributed by atoms with Crippen molar-refractivity contribution in [3.05, 3.63) is 45.2 Å². The summed E-state index contributed by atoms with van der Waals surface area (Å²) in [5, 5.41) is 4.82. The molecule has 1 aromatic heterocycles. The van der Waals surface area contributed by atoms with Crippen LogP contribution in [0.2, 0.25) is 5.02 Å². The third kappa shape index (κ3) is 3.27. The molecule has 0 saturated heterocycles. The number of benzene rings is 1. The molecule has 112 valence electrons. The summed E-state index contributed by atoms with van der Waals surface area (Å²) in [6.07, 6.45) is 0. The highest BCUT2D eigenvalue weighted by atomic mass is 35.5. The molecular formula is C16H19ClN2O2. The minimum absolute atomic E-state index is 0.0478. The maximum absolute atomic E-state index is 12.1. The van der Waals surface area contributed by atoms with Crippen molar-refractivity contribution in [3.63, 3.8) is 0 Å². The highest BCUT2D eigenvalue weighted by Crippen LogP contribution is 2.25. The SMILES string of the molecule is Cc1cc(C)c(OC(=O)Cn2nc(C)c(Cl)c2C)c(C)c1. The Bertz CT molecular complexity index is 682. The number of esters is 1. The molecule has 0 bridgehead atoms. The molecule has 0 N–H and O–H groups in total. The first-order chi connectivity index (χ1) is 9.79. The summed E-state index contributed by atoms with van der Waals surface area (Å²) in [5.74, 6) is 0.269. The van der Waals surface area contributed by atoms with Crippen molar-refractivity contribution in [2.45, 2.75) is 41.2 Å². The fourth-order valence-corrected chi connectivity index (χ4v) is 2.56. The molecule has 0 fully saturated rings. The van der Waals surface area contributed by atoms with Crippen molar-refractivity contribution >= 4 is 17.6 Å². The topological polar surface area (TPSA) is 44.1 Å². The second kappa shape index (κ2) is 5.90. The highest BCUT2D eigenvalue weighted by Gasteiger charge is 2.15. The summed E-state index contributed by atoms with van der Waals surface area (Å²) in [7, 11) is 0. The van der Waals surface area contributed by atoms with Crippen molar-refractivity contribution in [2.75, 3.05) is 0 Å². The van der Waals surface area contributed by atoms with Gasteiger partial charge in [0.25, 0.3) is 0 Å². The van der Waals surface area contributed by atoms with Gasteiger partial charge in [-0.3, -0.25) is 4.68 Å². The van der Waals surface area contributed by atoms with Gasteiger partial charge in [-0.2, -0.15) is 5.10 Å². The van der Waals surface area contributed by atoms with Gasteiger partial charge in [0.15, 0.2) is 0 Å². The maximum Gasteiger partial charge on any atom is 0.333 e. The van der Waals surface area contributed by atoms with Crippen molar-refractivity contribution in [1.29, 1.82) is 0 Å². The van der Waals surface area contributed by atoms with E-state index in [1.807, 2.05) is 46.8 Å². The smallest absolute Gasteiger partial charge is 0.333 e. The maximum atomic E-state index is 12.1. The summed E-state index contributed by atoms with van der Waals surface area (Å²) < 4.78 is 7.06. The van der Waals surface area contributed by atoms with Crippen molar-refractivity contribution < 1.29 is 9.53 Å². The molecule has 2 rings (SSSR count). The van der Waals surface area contributed by atoms with E-state index in [4.69, 9.17) is 16.3 Å². The molecule has 1 heterocycles. The van der Waals surface area contributed by atoms with E-state index in [0.29, 0.717) is 16.5 Å². The van der Waals surface area contributed by atoms with Gasteiger partial charge in [0.05, 0.1) is 16.4 Å². The average Bonchev–Trinajstić information content (AvgIpc) is 2.61. The molecule has 0 radical (unpaired) electrons. The number of carbonyl (C=O) groups excluding carboxylic acids is 1. The number of aromatic nitrogens is 2. The number of nitrogens with zero attached hydrogens (tertiary/aromatic N) is 2. The van der Waals surface area contributed by atoms with Gasteiger partial charge in [-0.05, 0) is 45.7 Å². The Morgan fingerprint density at radius 1 is 1.19 bits per heavy atom. The van der Waals surface area contributed by atoms with Gasteiger partial charge >= 0.3 is 5.97 Å². The van der Waals surface area contributed by atoms with Gasteiger partial charge in [0.1, 0.15) is 12.3 Å². The van der Waals surface area contributed by atoms with E-state index in [1.54, 1.807) is 4.68 Å². The number of hydrogen-bond acceptors (Lipinski definition) is 3. The quantitative estimate of drug-likeness (QED) is 0.642. The zero-order chi connectivity index (χ0) is 15.7. The normalized spacial score (nSPS) is 10.8. The van der Waals surface area contributed by atoms with Crippen molar-refractivity contribution in [1.82, 2.24) is 9.78 Å². The Hall–Kier alpha value is -1.81. The van der Waals surface area contributed by atoms with E-state index in [2.05, 4.69) is 5.10 Å². The molecule has 0 aliphatic heterocycles. The molecule has 21 heavy (non-hydrogen) atoms. The predicted molar refractivity (Wildman–Crippen MR) is 83.0 cm³/mol. The van der Waals surface area contributed by atoms with E-state index in [0.717, 1.165) is 22.4 Å². The number of ether oxygens (including phenoxy) is 1. The van der Waals surface area contributed by atoms with E-state index >= 15 is 0 Å². The molecule has 0 aliphatic carbocycles. The lowest BCUT2D eigenvalue weighted by Gasteiger charge is -2.12. The Morgan fingerprint density at radius 3 is 2.24 bits per heavy atom. The fraction of sp³-hybridized carbons (Fsp3) is 0.375. The first-order valence-electron chi connectivity index (χ1n) is 6.77. The van der Waals surface area contributed by atoms with Crippen LogP contribution in [0, 0.1) is 34.6 Å². The molecule has 0 amide bonds. The number of halogens is 1. The van der Waals surface area contributed by atoms with E-state index in [1.165, 1.54) is 0 Å². The zero-order valence-corrected chi connectivity index (χ0v) is 13.7. The summed E-state index contributed by atoms with van der Waals surface area (Å²) >= 11 is 6.07. The van der Waals surface area contributed by atoms with E-state index < -0.39 is 0 Å². The summed E-state index contributed by atoms with van der Waals surface area (Å²) in [6, 6.07) is 3.99. The number of carbonyl (C=O) groups is 1.